The van der Waals surface area contributed by atoms with Crippen molar-refractivity contribution in [3.05, 3.63) is 18.2 Å². The molecule has 2 rings (SSSR count). The van der Waals surface area contributed by atoms with Crippen molar-refractivity contribution in [2.45, 2.75) is 38.1 Å². The molecule has 1 aliphatic carbocycles. The van der Waals surface area contributed by atoms with Gasteiger partial charge >= 0.3 is 0 Å². The van der Waals surface area contributed by atoms with Crippen LogP contribution in [0.25, 0.3) is 0 Å². The molecule has 2 unspecified atom stereocenters. The summed E-state index contributed by atoms with van der Waals surface area (Å²) < 4.78 is 2.25. The lowest BCUT2D eigenvalue weighted by molar-refractivity contribution is 0.484. The monoisotopic (exact) mass is 198 g/mol. The Kier molecular flexibility index (Phi) is 2.58. The van der Waals surface area contributed by atoms with Crippen LogP contribution in [-0.2, 0) is 5.88 Å². The van der Waals surface area contributed by atoms with Crippen molar-refractivity contribution in [1.82, 2.24) is 9.55 Å². The molecule has 1 saturated carbocycles. The molecule has 1 aromatic heterocycles. The summed E-state index contributed by atoms with van der Waals surface area (Å²) in [6.45, 7) is 2.32. The first-order chi connectivity index (χ1) is 6.31. The van der Waals surface area contributed by atoms with Gasteiger partial charge in [-0.25, -0.2) is 4.98 Å². The average molecular weight is 199 g/mol. The van der Waals surface area contributed by atoms with Gasteiger partial charge in [0.1, 0.15) is 0 Å². The van der Waals surface area contributed by atoms with E-state index in [0.717, 1.165) is 11.6 Å². The Hall–Kier alpha value is -0.500. The second-order valence-electron chi connectivity index (χ2n) is 4.00. The van der Waals surface area contributed by atoms with Crippen molar-refractivity contribution < 1.29 is 0 Å². The van der Waals surface area contributed by atoms with Crippen molar-refractivity contribution in [3.8, 4) is 0 Å². The molecule has 0 aromatic carbocycles. The van der Waals surface area contributed by atoms with Gasteiger partial charge in [-0.05, 0) is 25.2 Å². The van der Waals surface area contributed by atoms with Gasteiger partial charge in [-0.2, -0.15) is 0 Å². The van der Waals surface area contributed by atoms with Crippen LogP contribution in [0.2, 0.25) is 0 Å². The van der Waals surface area contributed by atoms with Crippen molar-refractivity contribution in [2.75, 3.05) is 0 Å². The Morgan fingerprint density at radius 2 is 2.46 bits per heavy atom. The molecule has 0 bridgehead atoms. The molecule has 1 aliphatic rings. The quantitative estimate of drug-likeness (QED) is 0.669. The van der Waals surface area contributed by atoms with E-state index >= 15 is 0 Å². The van der Waals surface area contributed by atoms with Crippen molar-refractivity contribution >= 4 is 11.6 Å². The van der Waals surface area contributed by atoms with E-state index in [1.165, 1.54) is 19.3 Å². The maximum atomic E-state index is 5.83. The molecule has 0 radical (unpaired) electrons. The average Bonchev–Trinajstić information content (AvgIpc) is 2.71. The summed E-state index contributed by atoms with van der Waals surface area (Å²) in [7, 11) is 0. The van der Waals surface area contributed by atoms with E-state index in [0.29, 0.717) is 11.9 Å². The third-order valence-electron chi connectivity index (χ3n) is 2.94. The Morgan fingerprint density at radius 1 is 1.62 bits per heavy atom. The van der Waals surface area contributed by atoms with Gasteiger partial charge in [0, 0.05) is 12.2 Å². The van der Waals surface area contributed by atoms with Gasteiger partial charge in [0.15, 0.2) is 0 Å². The van der Waals surface area contributed by atoms with E-state index in [1.807, 2.05) is 12.5 Å². The van der Waals surface area contributed by atoms with Crippen LogP contribution >= 0.6 is 11.6 Å². The van der Waals surface area contributed by atoms with Crippen LogP contribution in [0, 0.1) is 5.92 Å². The maximum absolute atomic E-state index is 5.83. The Bertz CT molecular complexity index is 282. The summed E-state index contributed by atoms with van der Waals surface area (Å²) in [6, 6.07) is 0.645. The molecular formula is C10H15ClN2. The number of imidazole rings is 1. The first-order valence-corrected chi connectivity index (χ1v) is 5.41. The molecular weight excluding hydrogens is 184 g/mol. The molecule has 0 saturated heterocycles. The predicted octanol–water partition coefficient (Wildman–Crippen LogP) is 2.98. The molecule has 0 aliphatic heterocycles. The molecule has 1 aromatic rings. The zero-order valence-electron chi connectivity index (χ0n) is 7.91. The SMILES string of the molecule is CC1CCC(n2cncc2CCl)C1. The molecule has 3 heteroatoms. The van der Waals surface area contributed by atoms with Crippen LogP contribution in [0.15, 0.2) is 12.5 Å². The molecule has 13 heavy (non-hydrogen) atoms. The Labute approximate surface area is 83.9 Å². The second-order valence-corrected chi connectivity index (χ2v) is 4.27. The molecule has 0 amide bonds. The fraction of sp³-hybridized carbons (Fsp3) is 0.700. The lowest BCUT2D eigenvalue weighted by Gasteiger charge is -2.13. The van der Waals surface area contributed by atoms with Crippen LogP contribution in [-0.4, -0.2) is 9.55 Å². The van der Waals surface area contributed by atoms with Crippen LogP contribution in [0.4, 0.5) is 0 Å². The number of aromatic nitrogens is 2. The highest BCUT2D eigenvalue weighted by atomic mass is 35.5. The number of nitrogens with zero attached hydrogens (tertiary/aromatic N) is 2. The summed E-state index contributed by atoms with van der Waals surface area (Å²) in [5.41, 5.74) is 1.15. The third kappa shape index (κ3) is 1.73. The fourth-order valence-corrected chi connectivity index (χ4v) is 2.40. The highest BCUT2D eigenvalue weighted by Crippen LogP contribution is 2.34. The highest BCUT2D eigenvalue weighted by molar-refractivity contribution is 6.16. The van der Waals surface area contributed by atoms with Gasteiger partial charge in [-0.15, -0.1) is 11.6 Å². The third-order valence-corrected chi connectivity index (χ3v) is 3.22. The zero-order chi connectivity index (χ0) is 9.26. The van der Waals surface area contributed by atoms with Gasteiger partial charge in [0.2, 0.25) is 0 Å². The number of alkyl halides is 1. The van der Waals surface area contributed by atoms with Crippen molar-refractivity contribution in [2.24, 2.45) is 5.92 Å². The predicted molar refractivity (Wildman–Crippen MR) is 53.8 cm³/mol. The number of hydrogen-bond acceptors (Lipinski definition) is 1. The minimum Gasteiger partial charge on any atom is -0.330 e. The smallest absolute Gasteiger partial charge is 0.0951 e. The summed E-state index contributed by atoms with van der Waals surface area (Å²) >= 11 is 5.83. The minimum absolute atomic E-state index is 0.574. The number of rotatable bonds is 2. The molecule has 1 heterocycles. The molecule has 1 fully saturated rings. The van der Waals surface area contributed by atoms with E-state index in [4.69, 9.17) is 11.6 Å². The second kappa shape index (κ2) is 3.70. The lowest BCUT2D eigenvalue weighted by Crippen LogP contribution is -2.06. The molecule has 72 valence electrons. The fourth-order valence-electron chi connectivity index (χ4n) is 2.19. The van der Waals surface area contributed by atoms with Crippen LogP contribution < -0.4 is 0 Å². The summed E-state index contributed by atoms with van der Waals surface area (Å²) in [5.74, 6) is 1.43. The van der Waals surface area contributed by atoms with E-state index in [9.17, 15) is 0 Å². The van der Waals surface area contributed by atoms with Crippen LogP contribution in [0.3, 0.4) is 0 Å². The highest BCUT2D eigenvalue weighted by Gasteiger charge is 2.23. The van der Waals surface area contributed by atoms with Crippen LogP contribution in [0.5, 0.6) is 0 Å². The van der Waals surface area contributed by atoms with E-state index in [2.05, 4.69) is 16.5 Å². The Morgan fingerprint density at radius 3 is 3.08 bits per heavy atom. The summed E-state index contributed by atoms with van der Waals surface area (Å²) in [4.78, 5) is 4.14. The first-order valence-electron chi connectivity index (χ1n) is 4.88. The maximum Gasteiger partial charge on any atom is 0.0951 e. The zero-order valence-corrected chi connectivity index (χ0v) is 8.67. The summed E-state index contributed by atoms with van der Waals surface area (Å²) in [5, 5.41) is 0. The molecule has 2 atom stereocenters. The van der Waals surface area contributed by atoms with Gasteiger partial charge in [0.05, 0.1) is 17.9 Å². The molecule has 2 nitrogen and oxygen atoms in total. The van der Waals surface area contributed by atoms with E-state index in [-0.39, 0.29) is 0 Å². The molecule has 0 spiro atoms. The van der Waals surface area contributed by atoms with Gasteiger partial charge < -0.3 is 4.57 Å². The lowest BCUT2D eigenvalue weighted by atomic mass is 10.1. The first kappa shape index (κ1) is 9.07. The van der Waals surface area contributed by atoms with Gasteiger partial charge in [0.25, 0.3) is 0 Å². The number of halogens is 1. The van der Waals surface area contributed by atoms with Gasteiger partial charge in [-0.1, -0.05) is 6.92 Å². The largest absolute Gasteiger partial charge is 0.330 e. The molecule has 0 N–H and O–H groups in total. The van der Waals surface area contributed by atoms with E-state index < -0.39 is 0 Å². The minimum atomic E-state index is 0.574. The Balaban J connectivity index is 2.16. The normalized spacial score (nSPS) is 28.2. The van der Waals surface area contributed by atoms with Gasteiger partial charge in [-0.3, -0.25) is 0 Å². The number of hydrogen-bond donors (Lipinski definition) is 0. The van der Waals surface area contributed by atoms with Crippen molar-refractivity contribution in [3.63, 3.8) is 0 Å². The van der Waals surface area contributed by atoms with Crippen LogP contribution in [0.1, 0.15) is 37.9 Å². The summed E-state index contributed by atoms with van der Waals surface area (Å²) in [6.07, 6.45) is 7.68. The standard InChI is InChI=1S/C10H15ClN2/c1-8-2-3-9(4-8)13-7-12-6-10(13)5-11/h6-9H,2-5H2,1H3. The topological polar surface area (TPSA) is 17.8 Å². The van der Waals surface area contributed by atoms with Crippen molar-refractivity contribution in [1.29, 1.82) is 0 Å². The van der Waals surface area contributed by atoms with E-state index in [1.54, 1.807) is 0 Å².